The minimum Gasteiger partial charge on any atom is -0.306 e. The van der Waals surface area contributed by atoms with Gasteiger partial charge in [0.2, 0.25) is 0 Å². The Hall–Kier alpha value is -1.60. The molecule has 0 radical (unpaired) electrons. The van der Waals surface area contributed by atoms with Crippen LogP contribution in [0, 0.1) is 11.8 Å². The molecular formula is C19H25N. The van der Waals surface area contributed by atoms with E-state index >= 15 is 0 Å². The Balaban J connectivity index is 2.17. The number of rotatable bonds is 6. The van der Waals surface area contributed by atoms with Gasteiger partial charge >= 0.3 is 0 Å². The van der Waals surface area contributed by atoms with Crippen LogP contribution in [0.2, 0.25) is 0 Å². The van der Waals surface area contributed by atoms with Crippen molar-refractivity contribution in [1.82, 2.24) is 5.32 Å². The van der Waals surface area contributed by atoms with Crippen molar-refractivity contribution in [3.8, 4) is 0 Å². The zero-order valence-electron chi connectivity index (χ0n) is 12.7. The van der Waals surface area contributed by atoms with Gasteiger partial charge in [0, 0.05) is 0 Å². The molecule has 0 aliphatic rings. The third-order valence-corrected chi connectivity index (χ3v) is 4.05. The van der Waals surface area contributed by atoms with Gasteiger partial charge in [0.1, 0.15) is 0 Å². The quantitative estimate of drug-likeness (QED) is 0.802. The molecule has 1 N–H and O–H groups in total. The van der Waals surface area contributed by atoms with Crippen LogP contribution in [0.5, 0.6) is 0 Å². The Bertz CT molecular complexity index is 450. The van der Waals surface area contributed by atoms with E-state index in [1.807, 2.05) is 0 Å². The fourth-order valence-electron chi connectivity index (χ4n) is 2.26. The van der Waals surface area contributed by atoms with Crippen LogP contribution in [-0.2, 0) is 0 Å². The zero-order valence-corrected chi connectivity index (χ0v) is 12.7. The van der Waals surface area contributed by atoms with Crippen LogP contribution in [0.25, 0.3) is 0 Å². The first-order chi connectivity index (χ1) is 9.68. The maximum absolute atomic E-state index is 3.73. The van der Waals surface area contributed by atoms with Gasteiger partial charge in [-0.15, -0.1) is 0 Å². The van der Waals surface area contributed by atoms with Gasteiger partial charge in [0.05, 0.1) is 6.04 Å². The second-order valence-corrected chi connectivity index (χ2v) is 5.88. The third kappa shape index (κ3) is 3.94. The Kier molecular flexibility index (Phi) is 5.37. The maximum Gasteiger partial charge on any atom is 0.0576 e. The summed E-state index contributed by atoms with van der Waals surface area (Å²) < 4.78 is 0. The Morgan fingerprint density at radius 3 is 1.60 bits per heavy atom. The van der Waals surface area contributed by atoms with E-state index in [1.54, 1.807) is 0 Å². The normalized spacial score (nSPS) is 12.8. The van der Waals surface area contributed by atoms with Gasteiger partial charge in [-0.25, -0.2) is 0 Å². The van der Waals surface area contributed by atoms with Crippen LogP contribution >= 0.6 is 0 Å². The van der Waals surface area contributed by atoms with E-state index in [4.69, 9.17) is 0 Å². The summed E-state index contributed by atoms with van der Waals surface area (Å²) in [4.78, 5) is 0. The molecular weight excluding hydrogens is 242 g/mol. The summed E-state index contributed by atoms with van der Waals surface area (Å²) in [5.41, 5.74) is 2.66. The first kappa shape index (κ1) is 14.8. The molecule has 0 spiro atoms. The van der Waals surface area contributed by atoms with Crippen molar-refractivity contribution < 1.29 is 0 Å². The van der Waals surface area contributed by atoms with Crippen LogP contribution in [0.3, 0.4) is 0 Å². The second kappa shape index (κ2) is 7.25. The summed E-state index contributed by atoms with van der Waals surface area (Å²) in [5.74, 6) is 1.37. The molecule has 0 bridgehead atoms. The minimum atomic E-state index is 0.276. The van der Waals surface area contributed by atoms with Crippen molar-refractivity contribution in [3.05, 3.63) is 71.8 Å². The van der Waals surface area contributed by atoms with E-state index in [1.165, 1.54) is 11.1 Å². The first-order valence-corrected chi connectivity index (χ1v) is 7.51. The number of hydrogen-bond acceptors (Lipinski definition) is 1. The lowest BCUT2D eigenvalue weighted by Crippen LogP contribution is -2.29. The first-order valence-electron chi connectivity index (χ1n) is 7.51. The van der Waals surface area contributed by atoms with Gasteiger partial charge < -0.3 is 5.32 Å². The molecule has 0 aromatic heterocycles. The van der Waals surface area contributed by atoms with Gasteiger partial charge in [0.15, 0.2) is 0 Å². The van der Waals surface area contributed by atoms with E-state index in [2.05, 4.69) is 86.8 Å². The number of nitrogens with one attached hydrogen (secondary N) is 1. The molecule has 2 aromatic carbocycles. The maximum atomic E-state index is 3.73. The minimum absolute atomic E-state index is 0.276. The van der Waals surface area contributed by atoms with Gasteiger partial charge in [-0.05, 0) is 29.5 Å². The van der Waals surface area contributed by atoms with E-state index in [-0.39, 0.29) is 6.04 Å². The second-order valence-electron chi connectivity index (χ2n) is 5.88. The average molecular weight is 267 g/mol. The third-order valence-electron chi connectivity index (χ3n) is 4.05. The summed E-state index contributed by atoms with van der Waals surface area (Å²) in [6.07, 6.45) is 0. The van der Waals surface area contributed by atoms with Crippen LogP contribution in [0.15, 0.2) is 60.7 Å². The van der Waals surface area contributed by atoms with Crippen LogP contribution < -0.4 is 5.32 Å². The van der Waals surface area contributed by atoms with Crippen molar-refractivity contribution in [2.45, 2.75) is 26.8 Å². The van der Waals surface area contributed by atoms with Crippen LogP contribution in [0.4, 0.5) is 0 Å². The molecule has 1 atom stereocenters. The molecule has 0 saturated heterocycles. The molecule has 20 heavy (non-hydrogen) atoms. The molecule has 0 saturated carbocycles. The van der Waals surface area contributed by atoms with Crippen molar-refractivity contribution in [2.75, 3.05) is 6.54 Å². The van der Waals surface area contributed by atoms with Crippen molar-refractivity contribution in [1.29, 1.82) is 0 Å². The smallest absolute Gasteiger partial charge is 0.0576 e. The molecule has 106 valence electrons. The van der Waals surface area contributed by atoms with Crippen molar-refractivity contribution in [2.24, 2.45) is 11.8 Å². The van der Waals surface area contributed by atoms with Gasteiger partial charge in [-0.3, -0.25) is 0 Å². The molecule has 0 heterocycles. The van der Waals surface area contributed by atoms with Crippen LogP contribution in [-0.4, -0.2) is 6.54 Å². The number of hydrogen-bond donors (Lipinski definition) is 1. The van der Waals surface area contributed by atoms with Crippen molar-refractivity contribution in [3.63, 3.8) is 0 Å². The Morgan fingerprint density at radius 1 is 0.750 bits per heavy atom. The Labute approximate surface area is 123 Å². The summed E-state index contributed by atoms with van der Waals surface area (Å²) in [7, 11) is 0. The largest absolute Gasteiger partial charge is 0.306 e. The van der Waals surface area contributed by atoms with Crippen molar-refractivity contribution >= 4 is 0 Å². The van der Waals surface area contributed by atoms with E-state index < -0.39 is 0 Å². The highest BCUT2D eigenvalue weighted by Gasteiger charge is 2.15. The summed E-state index contributed by atoms with van der Waals surface area (Å²) in [6.45, 7) is 7.91. The standard InChI is InChI=1S/C19H25N/c1-15(2)16(3)14-20-19(17-10-6-4-7-11-17)18-12-8-5-9-13-18/h4-13,15-16,19-20H,14H2,1-3H3. The van der Waals surface area contributed by atoms with Crippen LogP contribution in [0.1, 0.15) is 37.9 Å². The molecule has 2 aromatic rings. The van der Waals surface area contributed by atoms with E-state index in [0.29, 0.717) is 11.8 Å². The van der Waals surface area contributed by atoms with E-state index in [0.717, 1.165) is 6.54 Å². The van der Waals surface area contributed by atoms with Gasteiger partial charge in [-0.2, -0.15) is 0 Å². The van der Waals surface area contributed by atoms with E-state index in [9.17, 15) is 0 Å². The lowest BCUT2D eigenvalue weighted by Gasteiger charge is -2.24. The molecule has 0 fully saturated rings. The zero-order chi connectivity index (χ0) is 14.4. The van der Waals surface area contributed by atoms with Gasteiger partial charge in [-0.1, -0.05) is 81.4 Å². The summed E-state index contributed by atoms with van der Waals surface area (Å²) in [5, 5.41) is 3.73. The molecule has 1 nitrogen and oxygen atoms in total. The fraction of sp³-hybridized carbons (Fsp3) is 0.368. The molecule has 0 aliphatic carbocycles. The fourth-order valence-corrected chi connectivity index (χ4v) is 2.26. The highest BCUT2D eigenvalue weighted by molar-refractivity contribution is 5.31. The predicted molar refractivity (Wildman–Crippen MR) is 86.7 cm³/mol. The Morgan fingerprint density at radius 2 is 1.20 bits per heavy atom. The SMILES string of the molecule is CC(C)C(C)CNC(c1ccccc1)c1ccccc1. The number of benzene rings is 2. The molecule has 1 heteroatoms. The highest BCUT2D eigenvalue weighted by atomic mass is 14.9. The lowest BCUT2D eigenvalue weighted by molar-refractivity contribution is 0.381. The van der Waals surface area contributed by atoms with Gasteiger partial charge in [0.25, 0.3) is 0 Å². The highest BCUT2D eigenvalue weighted by Crippen LogP contribution is 2.22. The topological polar surface area (TPSA) is 12.0 Å². The molecule has 0 aliphatic heterocycles. The monoisotopic (exact) mass is 267 g/mol. The predicted octanol–water partition coefficient (Wildman–Crippen LogP) is 4.66. The summed E-state index contributed by atoms with van der Waals surface area (Å²) >= 11 is 0. The molecule has 1 unspecified atom stereocenters. The molecule has 2 rings (SSSR count). The lowest BCUT2D eigenvalue weighted by atomic mass is 9.95. The molecule has 0 amide bonds. The summed E-state index contributed by atoms with van der Waals surface area (Å²) in [6, 6.07) is 21.7. The average Bonchev–Trinajstić information content (AvgIpc) is 2.49.